The minimum Gasteiger partial charge on any atom is -0.344 e. The molecule has 0 radical (unpaired) electrons. The summed E-state index contributed by atoms with van der Waals surface area (Å²) in [6, 6.07) is 8.47. The van der Waals surface area contributed by atoms with Crippen molar-refractivity contribution in [3.63, 3.8) is 0 Å². The quantitative estimate of drug-likeness (QED) is 0.815. The van der Waals surface area contributed by atoms with Crippen LogP contribution >= 0.6 is 0 Å². The van der Waals surface area contributed by atoms with Gasteiger partial charge in [0, 0.05) is 26.6 Å². The van der Waals surface area contributed by atoms with E-state index in [1.165, 1.54) is 11.1 Å². The second kappa shape index (κ2) is 7.07. The van der Waals surface area contributed by atoms with Crippen LogP contribution in [0, 0.1) is 6.92 Å². The number of carbonyl (C=O) groups is 1. The van der Waals surface area contributed by atoms with Gasteiger partial charge in [0.2, 0.25) is 5.91 Å². The maximum absolute atomic E-state index is 11.6. The molecule has 1 aromatic carbocycles. The molecule has 17 heavy (non-hydrogen) atoms. The smallest absolute Gasteiger partial charge is 0.222 e. The molecule has 3 heteroatoms. The highest BCUT2D eigenvalue weighted by Crippen LogP contribution is 2.07. The highest BCUT2D eigenvalue weighted by Gasteiger charge is 2.06. The maximum Gasteiger partial charge on any atom is 0.222 e. The fourth-order valence-electron chi connectivity index (χ4n) is 1.71. The summed E-state index contributed by atoms with van der Waals surface area (Å²) in [6.45, 7) is 3.25. The van der Waals surface area contributed by atoms with E-state index in [9.17, 15) is 4.79 Å². The van der Waals surface area contributed by atoms with Gasteiger partial charge in [-0.3, -0.25) is 4.79 Å². The molecule has 0 saturated heterocycles. The molecule has 0 spiro atoms. The highest BCUT2D eigenvalue weighted by atomic mass is 16.2. The lowest BCUT2D eigenvalue weighted by Crippen LogP contribution is -2.31. The van der Waals surface area contributed by atoms with E-state index in [-0.39, 0.29) is 5.91 Å². The van der Waals surface area contributed by atoms with Gasteiger partial charge < -0.3 is 10.6 Å². The Morgan fingerprint density at radius 2 is 1.94 bits per heavy atom. The summed E-state index contributed by atoms with van der Waals surface area (Å²) < 4.78 is 0. The summed E-state index contributed by atoms with van der Waals surface area (Å²) in [5.74, 6) is 0.183. The van der Waals surface area contributed by atoms with Crippen LogP contribution in [-0.4, -0.2) is 30.9 Å². The summed E-state index contributed by atoms with van der Waals surface area (Å²) in [6.07, 6.45) is 2.46. The molecule has 1 rings (SSSR count). The van der Waals surface area contributed by atoms with E-state index in [1.807, 2.05) is 0 Å². The second-order valence-electron chi connectivity index (χ2n) is 4.44. The molecule has 1 aromatic rings. The van der Waals surface area contributed by atoms with Crippen LogP contribution in [-0.2, 0) is 11.2 Å². The van der Waals surface area contributed by atoms with E-state index in [4.69, 9.17) is 5.73 Å². The van der Waals surface area contributed by atoms with E-state index < -0.39 is 0 Å². The van der Waals surface area contributed by atoms with Crippen LogP contribution in [0.25, 0.3) is 0 Å². The Bertz CT molecular complexity index is 346. The van der Waals surface area contributed by atoms with Gasteiger partial charge in [0.1, 0.15) is 0 Å². The largest absolute Gasteiger partial charge is 0.344 e. The first-order valence-electron chi connectivity index (χ1n) is 6.13. The molecule has 0 fully saturated rings. The van der Waals surface area contributed by atoms with Gasteiger partial charge in [-0.05, 0) is 25.3 Å². The monoisotopic (exact) mass is 234 g/mol. The highest BCUT2D eigenvalue weighted by molar-refractivity contribution is 5.75. The Morgan fingerprint density at radius 1 is 1.29 bits per heavy atom. The van der Waals surface area contributed by atoms with E-state index in [1.54, 1.807) is 11.9 Å². The third-order valence-electron chi connectivity index (χ3n) is 2.87. The molecule has 0 atom stereocenters. The molecular weight excluding hydrogens is 212 g/mol. The average Bonchev–Trinajstić information content (AvgIpc) is 2.32. The van der Waals surface area contributed by atoms with Crippen molar-refractivity contribution in [3.8, 4) is 0 Å². The molecule has 0 saturated carbocycles. The molecular formula is C14H22N2O. The fraction of sp³-hybridized carbons (Fsp3) is 0.500. The first kappa shape index (κ1) is 13.7. The molecule has 0 aromatic heterocycles. The van der Waals surface area contributed by atoms with Crippen LogP contribution in [0.2, 0.25) is 0 Å². The van der Waals surface area contributed by atoms with Gasteiger partial charge in [-0.2, -0.15) is 0 Å². The van der Waals surface area contributed by atoms with Gasteiger partial charge in [0.15, 0.2) is 0 Å². The first-order valence-corrected chi connectivity index (χ1v) is 6.13. The van der Waals surface area contributed by atoms with Gasteiger partial charge >= 0.3 is 0 Å². The third kappa shape index (κ3) is 5.00. The number of benzene rings is 1. The fourth-order valence-corrected chi connectivity index (χ4v) is 1.71. The van der Waals surface area contributed by atoms with Crippen molar-refractivity contribution in [3.05, 3.63) is 35.4 Å². The van der Waals surface area contributed by atoms with Crippen molar-refractivity contribution in [2.45, 2.75) is 26.2 Å². The van der Waals surface area contributed by atoms with Crippen LogP contribution in [0.15, 0.2) is 24.3 Å². The number of nitrogens with two attached hydrogens (primary N) is 1. The van der Waals surface area contributed by atoms with Gasteiger partial charge in [0.05, 0.1) is 0 Å². The summed E-state index contributed by atoms with van der Waals surface area (Å²) in [7, 11) is 1.81. The number of nitrogens with zero attached hydrogens (tertiary/aromatic N) is 1. The Morgan fingerprint density at radius 3 is 2.53 bits per heavy atom. The lowest BCUT2D eigenvalue weighted by molar-refractivity contribution is -0.129. The molecule has 0 bridgehead atoms. The topological polar surface area (TPSA) is 46.3 Å². The zero-order valence-corrected chi connectivity index (χ0v) is 10.8. The standard InChI is InChI=1S/C14H22N2O/c1-12-6-8-13(9-7-12)4-3-5-14(17)16(2)11-10-15/h6-9H,3-5,10-11,15H2,1-2H3. The van der Waals surface area contributed by atoms with Crippen molar-refractivity contribution in [2.75, 3.05) is 20.1 Å². The van der Waals surface area contributed by atoms with Crippen molar-refractivity contribution in [1.82, 2.24) is 4.90 Å². The second-order valence-corrected chi connectivity index (χ2v) is 4.44. The Balaban J connectivity index is 2.28. The molecule has 0 heterocycles. The van der Waals surface area contributed by atoms with Crippen LogP contribution in [0.3, 0.4) is 0 Å². The van der Waals surface area contributed by atoms with Crippen molar-refractivity contribution in [2.24, 2.45) is 5.73 Å². The van der Waals surface area contributed by atoms with E-state index in [2.05, 4.69) is 31.2 Å². The predicted octanol–water partition coefficient (Wildman–Crippen LogP) is 1.73. The predicted molar refractivity (Wildman–Crippen MR) is 70.8 cm³/mol. The van der Waals surface area contributed by atoms with Gasteiger partial charge in [-0.25, -0.2) is 0 Å². The molecule has 0 aliphatic rings. The number of likely N-dealkylation sites (N-methyl/N-ethyl adjacent to an activating group) is 1. The number of hydrogen-bond donors (Lipinski definition) is 1. The van der Waals surface area contributed by atoms with E-state index in [0.717, 1.165) is 12.8 Å². The lowest BCUT2D eigenvalue weighted by atomic mass is 10.1. The van der Waals surface area contributed by atoms with E-state index >= 15 is 0 Å². The first-order chi connectivity index (χ1) is 8.13. The number of amides is 1. The Kier molecular flexibility index (Phi) is 5.70. The molecule has 1 amide bonds. The summed E-state index contributed by atoms with van der Waals surface area (Å²) in [5, 5.41) is 0. The molecule has 0 unspecified atom stereocenters. The SMILES string of the molecule is Cc1ccc(CCCC(=O)N(C)CCN)cc1. The Hall–Kier alpha value is -1.35. The number of hydrogen-bond acceptors (Lipinski definition) is 2. The Labute approximate surface area is 104 Å². The van der Waals surface area contributed by atoms with Crippen LogP contribution in [0.4, 0.5) is 0 Å². The van der Waals surface area contributed by atoms with Crippen LogP contribution in [0.1, 0.15) is 24.0 Å². The normalized spacial score (nSPS) is 10.3. The number of carbonyl (C=O) groups excluding carboxylic acids is 1. The zero-order chi connectivity index (χ0) is 12.7. The molecule has 3 nitrogen and oxygen atoms in total. The molecule has 94 valence electrons. The van der Waals surface area contributed by atoms with Crippen molar-refractivity contribution in [1.29, 1.82) is 0 Å². The molecule has 2 N–H and O–H groups in total. The number of aryl methyl sites for hydroxylation is 2. The van der Waals surface area contributed by atoms with Crippen LogP contribution < -0.4 is 5.73 Å². The minimum absolute atomic E-state index is 0.183. The third-order valence-corrected chi connectivity index (χ3v) is 2.87. The van der Waals surface area contributed by atoms with Crippen molar-refractivity contribution >= 4 is 5.91 Å². The zero-order valence-electron chi connectivity index (χ0n) is 10.8. The number of rotatable bonds is 6. The average molecular weight is 234 g/mol. The summed E-state index contributed by atoms with van der Waals surface area (Å²) in [5.41, 5.74) is 7.97. The van der Waals surface area contributed by atoms with Gasteiger partial charge in [-0.15, -0.1) is 0 Å². The maximum atomic E-state index is 11.6. The lowest BCUT2D eigenvalue weighted by Gasteiger charge is -2.15. The van der Waals surface area contributed by atoms with Crippen molar-refractivity contribution < 1.29 is 4.79 Å². The van der Waals surface area contributed by atoms with Crippen LogP contribution in [0.5, 0.6) is 0 Å². The minimum atomic E-state index is 0.183. The molecule has 0 aliphatic heterocycles. The molecule has 0 aliphatic carbocycles. The summed E-state index contributed by atoms with van der Waals surface area (Å²) in [4.78, 5) is 13.4. The van der Waals surface area contributed by atoms with Gasteiger partial charge in [0.25, 0.3) is 0 Å². The van der Waals surface area contributed by atoms with E-state index in [0.29, 0.717) is 19.5 Å². The summed E-state index contributed by atoms with van der Waals surface area (Å²) >= 11 is 0. The van der Waals surface area contributed by atoms with Gasteiger partial charge in [-0.1, -0.05) is 29.8 Å².